The fourth-order valence-electron chi connectivity index (χ4n) is 3.27. The van der Waals surface area contributed by atoms with Gasteiger partial charge in [-0.15, -0.1) is 0 Å². The number of fused-ring (bicyclic) bond motifs is 1. The van der Waals surface area contributed by atoms with Gasteiger partial charge in [-0.05, 0) is 47.9 Å². The maximum Gasteiger partial charge on any atom is 0.331 e. The molecule has 0 amide bonds. The predicted octanol–water partition coefficient (Wildman–Crippen LogP) is 4.03. The van der Waals surface area contributed by atoms with Crippen molar-refractivity contribution in [2.45, 2.75) is 23.7 Å². The zero-order valence-electron chi connectivity index (χ0n) is 16.0. The molecule has 0 N–H and O–H groups in total. The van der Waals surface area contributed by atoms with E-state index in [1.54, 1.807) is 37.3 Å². The molecule has 0 fully saturated rings. The molecule has 0 aliphatic rings. The van der Waals surface area contributed by atoms with Crippen LogP contribution in [-0.2, 0) is 24.8 Å². The van der Waals surface area contributed by atoms with E-state index >= 15 is 0 Å². The van der Waals surface area contributed by atoms with E-state index in [1.165, 1.54) is 12.1 Å². The molecular weight excluding hydrogens is 386 g/mol. The first-order valence-corrected chi connectivity index (χ1v) is 10.9. The van der Waals surface area contributed by atoms with Gasteiger partial charge in [-0.1, -0.05) is 54.6 Å². The Balaban J connectivity index is 2.03. The van der Waals surface area contributed by atoms with Crippen LogP contribution in [0.4, 0.5) is 0 Å². The summed E-state index contributed by atoms with van der Waals surface area (Å²) < 4.78 is 30.7. The average Bonchev–Trinajstić information content (AvgIpc) is 2.75. The van der Waals surface area contributed by atoms with Crippen molar-refractivity contribution in [1.82, 2.24) is 0 Å². The summed E-state index contributed by atoms with van der Waals surface area (Å²) in [5, 5.41) is 11.8. The van der Waals surface area contributed by atoms with E-state index in [-0.39, 0.29) is 23.7 Å². The number of nitrogens with zero attached hydrogens (tertiary/aromatic N) is 1. The number of benzene rings is 3. The van der Waals surface area contributed by atoms with Crippen LogP contribution in [0.3, 0.4) is 0 Å². The van der Waals surface area contributed by atoms with Gasteiger partial charge >= 0.3 is 5.97 Å². The van der Waals surface area contributed by atoms with Crippen LogP contribution in [0.2, 0.25) is 0 Å². The predicted molar refractivity (Wildman–Crippen MR) is 111 cm³/mol. The molecule has 5 nitrogen and oxygen atoms in total. The normalized spacial score (nSPS) is 13.4. The highest BCUT2D eigenvalue weighted by atomic mass is 32.2. The smallest absolute Gasteiger partial charge is 0.331 e. The zero-order valence-corrected chi connectivity index (χ0v) is 16.9. The van der Waals surface area contributed by atoms with E-state index < -0.39 is 21.2 Å². The lowest BCUT2D eigenvalue weighted by atomic mass is 9.78. The second-order valence-corrected chi connectivity index (χ2v) is 8.79. The SMILES string of the molecule is CCOC(=O)[C@](C#N)(CCS(=O)(=O)c1ccccc1)c1ccc2ccccc2c1. The van der Waals surface area contributed by atoms with Crippen LogP contribution in [0.25, 0.3) is 10.8 Å². The van der Waals surface area contributed by atoms with Crippen LogP contribution in [0.5, 0.6) is 0 Å². The quantitative estimate of drug-likeness (QED) is 0.552. The Hall–Kier alpha value is -3.17. The van der Waals surface area contributed by atoms with Crippen LogP contribution in [0.1, 0.15) is 18.9 Å². The van der Waals surface area contributed by atoms with Gasteiger partial charge in [0.25, 0.3) is 0 Å². The van der Waals surface area contributed by atoms with Crippen LogP contribution in [0, 0.1) is 11.3 Å². The number of ether oxygens (including phenoxy) is 1. The highest BCUT2D eigenvalue weighted by Crippen LogP contribution is 2.33. The van der Waals surface area contributed by atoms with Gasteiger partial charge in [0.2, 0.25) is 0 Å². The first kappa shape index (κ1) is 20.6. The van der Waals surface area contributed by atoms with Crippen molar-refractivity contribution in [2.24, 2.45) is 0 Å². The first-order valence-electron chi connectivity index (χ1n) is 9.28. The average molecular weight is 407 g/mol. The highest BCUT2D eigenvalue weighted by Gasteiger charge is 2.43. The molecule has 0 aromatic heterocycles. The van der Waals surface area contributed by atoms with E-state index in [1.807, 2.05) is 30.3 Å². The minimum atomic E-state index is -3.66. The fraction of sp³-hybridized carbons (Fsp3) is 0.217. The standard InChI is InChI=1S/C23H21NO4S/c1-2-28-22(25)23(17-24,14-15-29(26,27)21-10-4-3-5-11-21)20-13-12-18-8-6-7-9-19(18)16-20/h3-13,16H,2,14-15H2,1H3/t23-/m0/s1. The first-order chi connectivity index (χ1) is 13.9. The number of carbonyl (C=O) groups excluding carboxylic acids is 1. The Bertz CT molecular complexity index is 1170. The minimum Gasteiger partial charge on any atom is -0.465 e. The maximum atomic E-state index is 12.8. The number of nitriles is 1. The Labute approximate surface area is 170 Å². The highest BCUT2D eigenvalue weighted by molar-refractivity contribution is 7.91. The fourth-order valence-corrected chi connectivity index (χ4v) is 4.65. The molecule has 1 atom stereocenters. The van der Waals surface area contributed by atoms with Gasteiger partial charge in [-0.2, -0.15) is 5.26 Å². The second-order valence-electron chi connectivity index (χ2n) is 6.68. The third-order valence-corrected chi connectivity index (χ3v) is 6.64. The molecule has 3 aromatic rings. The van der Waals surface area contributed by atoms with Crippen molar-refractivity contribution < 1.29 is 17.9 Å². The summed E-state index contributed by atoms with van der Waals surface area (Å²) in [4.78, 5) is 13.0. The number of hydrogen-bond donors (Lipinski definition) is 0. The van der Waals surface area contributed by atoms with E-state index in [0.717, 1.165) is 10.8 Å². The summed E-state index contributed by atoms with van der Waals surface area (Å²) in [5.41, 5.74) is -1.28. The molecule has 0 spiro atoms. The third kappa shape index (κ3) is 4.15. The van der Waals surface area contributed by atoms with Crippen molar-refractivity contribution in [3.8, 4) is 6.07 Å². The third-order valence-electron chi connectivity index (χ3n) is 4.91. The Kier molecular flexibility index (Phi) is 6.00. The molecule has 0 saturated heterocycles. The molecule has 0 aliphatic heterocycles. The van der Waals surface area contributed by atoms with Gasteiger partial charge in [0.15, 0.2) is 15.3 Å². The van der Waals surface area contributed by atoms with E-state index in [4.69, 9.17) is 4.74 Å². The summed E-state index contributed by atoms with van der Waals surface area (Å²) in [6, 6.07) is 22.9. The molecular formula is C23H21NO4S. The number of esters is 1. The lowest BCUT2D eigenvalue weighted by Crippen LogP contribution is -2.38. The molecule has 0 heterocycles. The van der Waals surface area contributed by atoms with Crippen molar-refractivity contribution in [3.05, 3.63) is 78.4 Å². The van der Waals surface area contributed by atoms with Gasteiger partial charge in [0.05, 0.1) is 23.3 Å². The number of hydrogen-bond acceptors (Lipinski definition) is 5. The van der Waals surface area contributed by atoms with Crippen LogP contribution < -0.4 is 0 Å². The summed E-state index contributed by atoms with van der Waals surface area (Å²) in [7, 11) is -3.66. The van der Waals surface area contributed by atoms with Crippen LogP contribution in [0.15, 0.2) is 77.7 Å². The monoisotopic (exact) mass is 407 g/mol. The Morgan fingerprint density at radius 1 is 1.00 bits per heavy atom. The lowest BCUT2D eigenvalue weighted by molar-refractivity contribution is -0.147. The molecule has 3 rings (SSSR count). The van der Waals surface area contributed by atoms with Gasteiger partial charge in [0, 0.05) is 0 Å². The Morgan fingerprint density at radius 3 is 2.31 bits per heavy atom. The van der Waals surface area contributed by atoms with Gasteiger partial charge in [-0.3, -0.25) is 0 Å². The maximum absolute atomic E-state index is 12.8. The molecule has 29 heavy (non-hydrogen) atoms. The minimum absolute atomic E-state index is 0.0985. The van der Waals surface area contributed by atoms with Crippen molar-refractivity contribution >= 4 is 26.6 Å². The number of carbonyl (C=O) groups is 1. The van der Waals surface area contributed by atoms with Gasteiger partial charge < -0.3 is 4.74 Å². The van der Waals surface area contributed by atoms with Gasteiger partial charge in [-0.25, -0.2) is 13.2 Å². The molecule has 3 aromatic carbocycles. The molecule has 0 saturated carbocycles. The van der Waals surface area contributed by atoms with E-state index in [2.05, 4.69) is 6.07 Å². The largest absolute Gasteiger partial charge is 0.465 e. The molecule has 0 unspecified atom stereocenters. The summed E-state index contributed by atoms with van der Waals surface area (Å²) in [6.07, 6.45) is -0.197. The van der Waals surface area contributed by atoms with Crippen LogP contribution in [-0.4, -0.2) is 26.7 Å². The van der Waals surface area contributed by atoms with E-state index in [0.29, 0.717) is 5.56 Å². The topological polar surface area (TPSA) is 84.2 Å². The number of rotatable bonds is 7. The molecule has 0 bridgehead atoms. The summed E-state index contributed by atoms with van der Waals surface area (Å²) >= 11 is 0. The molecule has 148 valence electrons. The molecule has 6 heteroatoms. The van der Waals surface area contributed by atoms with E-state index in [9.17, 15) is 18.5 Å². The lowest BCUT2D eigenvalue weighted by Gasteiger charge is -2.25. The van der Waals surface area contributed by atoms with Gasteiger partial charge in [0.1, 0.15) is 0 Å². The number of sulfone groups is 1. The molecule has 0 radical (unpaired) electrons. The molecule has 0 aliphatic carbocycles. The van der Waals surface area contributed by atoms with Crippen LogP contribution >= 0.6 is 0 Å². The summed E-state index contributed by atoms with van der Waals surface area (Å²) in [5.74, 6) is -1.09. The zero-order chi connectivity index (χ0) is 20.9. The van der Waals surface area contributed by atoms with Crippen molar-refractivity contribution in [2.75, 3.05) is 12.4 Å². The Morgan fingerprint density at radius 2 is 1.66 bits per heavy atom. The second kappa shape index (κ2) is 8.46. The summed E-state index contributed by atoms with van der Waals surface area (Å²) in [6.45, 7) is 1.75. The van der Waals surface area contributed by atoms with Crippen molar-refractivity contribution in [3.63, 3.8) is 0 Å². The van der Waals surface area contributed by atoms with Crippen molar-refractivity contribution in [1.29, 1.82) is 5.26 Å².